The first-order valence-corrected chi connectivity index (χ1v) is 14.1. The summed E-state index contributed by atoms with van der Waals surface area (Å²) in [6.07, 6.45) is 20.0. The van der Waals surface area contributed by atoms with Crippen molar-refractivity contribution in [2.24, 2.45) is 0 Å². The number of hydrogen-bond donors (Lipinski definition) is 0. The molecular formula is C20H43ClSi. The number of alkyl halides is 1. The van der Waals surface area contributed by atoms with Gasteiger partial charge in [-0.3, -0.25) is 0 Å². The van der Waals surface area contributed by atoms with Crippen LogP contribution in [0, 0.1) is 0 Å². The maximum atomic E-state index is 5.71. The molecule has 0 fully saturated rings. The van der Waals surface area contributed by atoms with Crippen LogP contribution in [0.2, 0.25) is 25.2 Å². The standard InChI is InChI=1S/C20H43ClSi/c1-4-5-6-7-8-10-13-16-19-22(2,3)20-17-14-11-9-12-15-18-21/h4-20H2,1-3H3. The van der Waals surface area contributed by atoms with E-state index >= 15 is 0 Å². The average molecular weight is 347 g/mol. The molecular weight excluding hydrogens is 304 g/mol. The molecule has 0 saturated heterocycles. The summed E-state index contributed by atoms with van der Waals surface area (Å²) in [6, 6.07) is 3.12. The lowest BCUT2D eigenvalue weighted by molar-refractivity contribution is 0.583. The molecule has 0 radical (unpaired) electrons. The number of hydrogen-bond acceptors (Lipinski definition) is 0. The quantitative estimate of drug-likeness (QED) is 0.141. The normalized spacial score (nSPS) is 12.0. The highest BCUT2D eigenvalue weighted by atomic mass is 35.5. The SMILES string of the molecule is CCCCCCCCCC[Si](C)(C)CCCCCCCCCl. The molecule has 0 rings (SSSR count). The molecule has 0 unspecified atom stereocenters. The predicted octanol–water partition coefficient (Wildman–Crippen LogP) is 8.41. The zero-order chi connectivity index (χ0) is 16.5. The highest BCUT2D eigenvalue weighted by Crippen LogP contribution is 2.23. The van der Waals surface area contributed by atoms with Crippen molar-refractivity contribution in [3.8, 4) is 0 Å². The Morgan fingerprint density at radius 3 is 1.32 bits per heavy atom. The molecule has 0 saturated carbocycles. The Morgan fingerprint density at radius 1 is 0.545 bits per heavy atom. The minimum Gasteiger partial charge on any atom is -0.127 e. The fourth-order valence-corrected chi connectivity index (χ4v) is 6.12. The molecule has 2 heteroatoms. The van der Waals surface area contributed by atoms with E-state index < -0.39 is 8.07 Å². The van der Waals surface area contributed by atoms with E-state index in [9.17, 15) is 0 Å². The zero-order valence-corrected chi connectivity index (χ0v) is 17.7. The summed E-state index contributed by atoms with van der Waals surface area (Å²) in [5.41, 5.74) is 0. The van der Waals surface area contributed by atoms with Crippen LogP contribution in [0.1, 0.15) is 96.8 Å². The molecule has 0 spiro atoms. The van der Waals surface area contributed by atoms with Crippen molar-refractivity contribution < 1.29 is 0 Å². The summed E-state index contributed by atoms with van der Waals surface area (Å²) < 4.78 is 0. The summed E-state index contributed by atoms with van der Waals surface area (Å²) in [6.45, 7) is 7.52. The van der Waals surface area contributed by atoms with E-state index in [1.54, 1.807) is 12.1 Å². The first-order valence-electron chi connectivity index (χ1n) is 10.2. The van der Waals surface area contributed by atoms with Crippen LogP contribution in [0.5, 0.6) is 0 Å². The smallest absolute Gasteiger partial charge is 0.0473 e. The molecule has 0 heterocycles. The topological polar surface area (TPSA) is 0 Å². The minimum atomic E-state index is -0.881. The second kappa shape index (κ2) is 16.4. The van der Waals surface area contributed by atoms with Crippen molar-refractivity contribution >= 4 is 19.7 Å². The molecule has 0 aliphatic carbocycles. The van der Waals surface area contributed by atoms with Crippen LogP contribution >= 0.6 is 11.6 Å². The van der Waals surface area contributed by atoms with Gasteiger partial charge in [-0.15, -0.1) is 11.6 Å². The van der Waals surface area contributed by atoms with Crippen molar-refractivity contribution in [3.63, 3.8) is 0 Å². The van der Waals surface area contributed by atoms with E-state index in [2.05, 4.69) is 20.0 Å². The highest BCUT2D eigenvalue weighted by Gasteiger charge is 2.18. The van der Waals surface area contributed by atoms with Crippen molar-refractivity contribution in [1.29, 1.82) is 0 Å². The second-order valence-electron chi connectivity index (χ2n) is 7.95. The first-order chi connectivity index (χ1) is 10.6. The monoisotopic (exact) mass is 346 g/mol. The van der Waals surface area contributed by atoms with Crippen molar-refractivity contribution in [2.45, 2.75) is 122 Å². The lowest BCUT2D eigenvalue weighted by atomic mass is 10.1. The molecule has 0 aromatic heterocycles. The maximum absolute atomic E-state index is 5.71. The van der Waals surface area contributed by atoms with Crippen LogP contribution in [0.3, 0.4) is 0 Å². The van der Waals surface area contributed by atoms with Gasteiger partial charge in [0, 0.05) is 14.0 Å². The van der Waals surface area contributed by atoms with Gasteiger partial charge >= 0.3 is 0 Å². The van der Waals surface area contributed by atoms with Crippen LogP contribution in [-0.4, -0.2) is 14.0 Å². The fourth-order valence-electron chi connectivity index (χ4n) is 3.27. The molecule has 22 heavy (non-hydrogen) atoms. The molecule has 0 aliphatic heterocycles. The zero-order valence-electron chi connectivity index (χ0n) is 15.9. The van der Waals surface area contributed by atoms with Crippen molar-refractivity contribution in [2.75, 3.05) is 5.88 Å². The van der Waals surface area contributed by atoms with Gasteiger partial charge in [0.05, 0.1) is 0 Å². The van der Waals surface area contributed by atoms with Crippen LogP contribution in [0.4, 0.5) is 0 Å². The van der Waals surface area contributed by atoms with E-state index in [1.807, 2.05) is 0 Å². The number of halogens is 1. The lowest BCUT2D eigenvalue weighted by Gasteiger charge is -2.22. The number of unbranched alkanes of at least 4 members (excludes halogenated alkanes) is 12. The van der Waals surface area contributed by atoms with Gasteiger partial charge in [0.25, 0.3) is 0 Å². The van der Waals surface area contributed by atoms with E-state index in [4.69, 9.17) is 11.6 Å². The molecule has 0 amide bonds. The van der Waals surface area contributed by atoms with Gasteiger partial charge in [-0.25, -0.2) is 0 Å². The highest BCUT2D eigenvalue weighted by molar-refractivity contribution is 6.77. The Bertz CT molecular complexity index is 216. The van der Waals surface area contributed by atoms with Crippen molar-refractivity contribution in [1.82, 2.24) is 0 Å². The third kappa shape index (κ3) is 16.9. The Kier molecular flexibility index (Phi) is 16.7. The molecule has 0 aromatic carbocycles. The molecule has 0 nitrogen and oxygen atoms in total. The molecule has 134 valence electrons. The van der Waals surface area contributed by atoms with Crippen molar-refractivity contribution in [3.05, 3.63) is 0 Å². The van der Waals surface area contributed by atoms with Gasteiger partial charge in [-0.2, -0.15) is 0 Å². The Balaban J connectivity index is 3.34. The van der Waals surface area contributed by atoms with Crippen LogP contribution < -0.4 is 0 Å². The second-order valence-corrected chi connectivity index (χ2v) is 13.7. The summed E-state index contributed by atoms with van der Waals surface area (Å²) >= 11 is 5.71. The third-order valence-corrected chi connectivity index (χ3v) is 8.63. The molecule has 0 N–H and O–H groups in total. The largest absolute Gasteiger partial charge is 0.127 e. The van der Waals surface area contributed by atoms with Gasteiger partial charge in [-0.1, -0.05) is 116 Å². The van der Waals surface area contributed by atoms with Gasteiger partial charge in [0.2, 0.25) is 0 Å². The van der Waals surface area contributed by atoms with Crippen LogP contribution in [0.25, 0.3) is 0 Å². The Hall–Kier alpha value is 0.507. The molecule has 0 aromatic rings. The lowest BCUT2D eigenvalue weighted by Crippen LogP contribution is -2.24. The summed E-state index contributed by atoms with van der Waals surface area (Å²) in [7, 11) is -0.881. The van der Waals surface area contributed by atoms with Crippen LogP contribution in [0.15, 0.2) is 0 Å². The molecule has 0 bridgehead atoms. The Morgan fingerprint density at radius 2 is 0.909 bits per heavy atom. The minimum absolute atomic E-state index is 0.846. The first kappa shape index (κ1) is 22.5. The van der Waals surface area contributed by atoms with Gasteiger partial charge < -0.3 is 0 Å². The average Bonchev–Trinajstić information content (AvgIpc) is 2.49. The number of rotatable bonds is 17. The predicted molar refractivity (Wildman–Crippen MR) is 108 cm³/mol. The van der Waals surface area contributed by atoms with E-state index in [1.165, 1.54) is 89.9 Å². The van der Waals surface area contributed by atoms with Gasteiger partial charge in [0.15, 0.2) is 0 Å². The fraction of sp³-hybridized carbons (Fsp3) is 1.00. The van der Waals surface area contributed by atoms with E-state index in [-0.39, 0.29) is 0 Å². The molecule has 0 aliphatic rings. The third-order valence-electron chi connectivity index (χ3n) is 4.94. The molecule has 0 atom stereocenters. The summed E-state index contributed by atoms with van der Waals surface area (Å²) in [5.74, 6) is 0.846. The van der Waals surface area contributed by atoms with Gasteiger partial charge in [0.1, 0.15) is 0 Å². The summed E-state index contributed by atoms with van der Waals surface area (Å²) in [4.78, 5) is 0. The van der Waals surface area contributed by atoms with E-state index in [0.29, 0.717) is 0 Å². The van der Waals surface area contributed by atoms with Gasteiger partial charge in [-0.05, 0) is 6.42 Å². The van der Waals surface area contributed by atoms with E-state index in [0.717, 1.165) is 5.88 Å². The summed E-state index contributed by atoms with van der Waals surface area (Å²) in [5, 5.41) is 0. The Labute approximate surface area is 147 Å². The maximum Gasteiger partial charge on any atom is 0.0473 e. The van der Waals surface area contributed by atoms with Crippen LogP contribution in [-0.2, 0) is 0 Å².